The molecular formula is C13H20N2OPS+. The highest BCUT2D eigenvalue weighted by atomic mass is 32.4. The fraction of sp³-hybridized carbons (Fsp3) is 0.462. The molecule has 1 aromatic rings. The molecule has 0 bridgehead atoms. The van der Waals surface area contributed by atoms with Crippen LogP contribution in [0, 0.1) is 5.41 Å². The maximum Gasteiger partial charge on any atom is 0.311 e. The van der Waals surface area contributed by atoms with Crippen LogP contribution in [-0.2, 0) is 11.8 Å². The lowest BCUT2D eigenvalue weighted by atomic mass is 10.2. The highest BCUT2D eigenvalue weighted by Gasteiger charge is 2.41. The van der Waals surface area contributed by atoms with E-state index in [9.17, 15) is 0 Å². The number of hydrogen-bond donors (Lipinski definition) is 2. The molecular weight excluding hydrogens is 263 g/mol. The molecule has 2 N–H and O–H groups in total. The van der Waals surface area contributed by atoms with Crippen molar-refractivity contribution in [3.8, 4) is 5.75 Å². The lowest BCUT2D eigenvalue weighted by Crippen LogP contribution is -2.30. The molecule has 2 atom stereocenters. The van der Waals surface area contributed by atoms with Crippen molar-refractivity contribution < 1.29 is 4.74 Å². The monoisotopic (exact) mass is 283 g/mol. The minimum absolute atomic E-state index is 0.333. The van der Waals surface area contributed by atoms with Gasteiger partial charge >= 0.3 is 6.85 Å². The Hall–Kier alpha value is -0.830. The molecule has 0 saturated carbocycles. The van der Waals surface area contributed by atoms with E-state index in [1.165, 1.54) is 6.21 Å². The summed E-state index contributed by atoms with van der Waals surface area (Å²) in [6.07, 6.45) is 3.28. The van der Waals surface area contributed by atoms with E-state index in [2.05, 4.69) is 18.9 Å². The lowest BCUT2D eigenvalue weighted by molar-refractivity contribution is 0.169. The zero-order chi connectivity index (χ0) is 13.6. The van der Waals surface area contributed by atoms with Gasteiger partial charge in [0.25, 0.3) is 5.34 Å². The minimum atomic E-state index is -0.798. The molecule has 0 radical (unpaired) electrons. The Morgan fingerprint density at radius 3 is 2.50 bits per heavy atom. The van der Waals surface area contributed by atoms with Gasteiger partial charge in [0.1, 0.15) is 5.75 Å². The zero-order valence-electron chi connectivity index (χ0n) is 11.1. The third kappa shape index (κ3) is 3.84. The summed E-state index contributed by atoms with van der Waals surface area (Å²) in [5, 5.41) is 9.99. The topological polar surface area (TPSA) is 45.1 Å². The van der Waals surface area contributed by atoms with Gasteiger partial charge in [-0.25, -0.2) is 0 Å². The smallest absolute Gasteiger partial charge is 0.311 e. The molecule has 98 valence electrons. The van der Waals surface area contributed by atoms with Crippen LogP contribution in [0.15, 0.2) is 24.3 Å². The number of hydrogen-bond acceptors (Lipinski definition) is 3. The first kappa shape index (κ1) is 15.2. The van der Waals surface area contributed by atoms with Crippen LogP contribution in [0.2, 0.25) is 0 Å². The molecule has 0 spiro atoms. The van der Waals surface area contributed by atoms with Crippen molar-refractivity contribution in [3.63, 3.8) is 0 Å². The first-order valence-electron chi connectivity index (χ1n) is 6.00. The molecule has 0 saturated heterocycles. The van der Waals surface area contributed by atoms with Crippen molar-refractivity contribution >= 4 is 24.9 Å². The van der Waals surface area contributed by atoms with Gasteiger partial charge in [-0.3, -0.25) is 0 Å². The predicted molar refractivity (Wildman–Crippen MR) is 81.6 cm³/mol. The van der Waals surface area contributed by atoms with Gasteiger partial charge in [0.05, 0.1) is 0 Å². The van der Waals surface area contributed by atoms with Crippen molar-refractivity contribution in [2.45, 2.75) is 32.0 Å². The second-order valence-corrected chi connectivity index (χ2v) is 7.34. The van der Waals surface area contributed by atoms with Gasteiger partial charge in [-0.15, -0.1) is 5.09 Å². The van der Waals surface area contributed by atoms with E-state index in [0.717, 1.165) is 24.2 Å². The van der Waals surface area contributed by atoms with Gasteiger partial charge in [0.15, 0.2) is 11.8 Å². The Kier molecular flexibility index (Phi) is 5.86. The molecule has 3 nitrogen and oxygen atoms in total. The molecule has 0 amide bonds. The van der Waals surface area contributed by atoms with Crippen molar-refractivity contribution in [1.29, 1.82) is 5.41 Å². The van der Waals surface area contributed by atoms with E-state index < -0.39 is 6.85 Å². The van der Waals surface area contributed by atoms with Crippen LogP contribution in [0.1, 0.15) is 32.3 Å². The molecule has 5 heteroatoms. The minimum Gasteiger partial charge on any atom is -0.445 e. The average Bonchev–Trinajstić information content (AvgIpc) is 2.39. The summed E-state index contributed by atoms with van der Waals surface area (Å²) in [5.74, 6) is 0.809. The van der Waals surface area contributed by atoms with Crippen molar-refractivity contribution in [2.75, 3.05) is 7.05 Å². The van der Waals surface area contributed by atoms with Crippen molar-refractivity contribution in [3.05, 3.63) is 29.8 Å². The van der Waals surface area contributed by atoms with Crippen molar-refractivity contribution in [1.82, 2.24) is 5.09 Å². The highest BCUT2D eigenvalue weighted by Crippen LogP contribution is 2.40. The Bertz CT molecular complexity index is 422. The Labute approximate surface area is 115 Å². The molecule has 0 aliphatic rings. The van der Waals surface area contributed by atoms with Crippen LogP contribution in [0.25, 0.3) is 0 Å². The number of ether oxygens (including phenoxy) is 1. The summed E-state index contributed by atoms with van der Waals surface area (Å²) >= 11 is 5.48. The van der Waals surface area contributed by atoms with Crippen LogP contribution in [0.3, 0.4) is 0 Å². The summed E-state index contributed by atoms with van der Waals surface area (Å²) in [5.41, 5.74) is 0.869. The second kappa shape index (κ2) is 6.93. The molecule has 1 aromatic carbocycles. The Balaban J connectivity index is 2.88. The molecule has 0 fully saturated rings. The predicted octanol–water partition coefficient (Wildman–Crippen LogP) is 3.66. The first-order chi connectivity index (χ1) is 8.55. The van der Waals surface area contributed by atoms with Gasteiger partial charge in [0.2, 0.25) is 0 Å². The highest BCUT2D eigenvalue weighted by molar-refractivity contribution is 8.04. The van der Waals surface area contributed by atoms with E-state index in [0.29, 0.717) is 0 Å². The van der Waals surface area contributed by atoms with Crippen LogP contribution in [0.4, 0.5) is 0 Å². The standard InChI is InChI=1S/C13H20N2OPS/c1-4-9-13(2,17(18)15-3)16-12-7-5-11(10-14)6-8-12/h5-8,10,14H,4,9H2,1-3H3,(H,15,18)/q+1. The molecule has 0 heterocycles. The van der Waals surface area contributed by atoms with Gasteiger partial charge in [-0.2, -0.15) is 0 Å². The molecule has 0 aliphatic carbocycles. The van der Waals surface area contributed by atoms with Gasteiger partial charge in [0, 0.05) is 26.6 Å². The van der Waals surface area contributed by atoms with Gasteiger partial charge < -0.3 is 10.1 Å². The van der Waals surface area contributed by atoms with Crippen molar-refractivity contribution in [2.24, 2.45) is 0 Å². The summed E-state index contributed by atoms with van der Waals surface area (Å²) in [4.78, 5) is 0. The fourth-order valence-electron chi connectivity index (χ4n) is 1.78. The number of rotatable bonds is 7. The van der Waals surface area contributed by atoms with E-state index >= 15 is 0 Å². The van der Waals surface area contributed by atoms with E-state index in [4.69, 9.17) is 22.0 Å². The van der Waals surface area contributed by atoms with Crippen LogP contribution < -0.4 is 9.82 Å². The Morgan fingerprint density at radius 1 is 1.44 bits per heavy atom. The molecule has 2 unspecified atom stereocenters. The molecule has 0 aliphatic heterocycles. The maximum atomic E-state index is 7.17. The van der Waals surface area contributed by atoms with E-state index in [1.807, 2.05) is 31.3 Å². The number of nitrogens with one attached hydrogen (secondary N) is 2. The molecule has 0 aromatic heterocycles. The SMILES string of the molecule is CCCC(C)(Oc1ccc(C=N)cc1)[P+](=S)NC. The van der Waals surface area contributed by atoms with Gasteiger partial charge in [-0.1, -0.05) is 6.92 Å². The normalized spacial score (nSPS) is 14.7. The molecule has 18 heavy (non-hydrogen) atoms. The number of benzene rings is 1. The first-order valence-corrected chi connectivity index (χ1v) is 8.35. The quantitative estimate of drug-likeness (QED) is 0.593. The van der Waals surface area contributed by atoms with E-state index in [-0.39, 0.29) is 5.34 Å². The Morgan fingerprint density at radius 2 is 2.06 bits per heavy atom. The second-order valence-electron chi connectivity index (χ2n) is 4.26. The zero-order valence-corrected chi connectivity index (χ0v) is 12.8. The third-order valence-corrected chi connectivity index (χ3v) is 6.02. The lowest BCUT2D eigenvalue weighted by Gasteiger charge is -2.22. The van der Waals surface area contributed by atoms with E-state index in [1.54, 1.807) is 0 Å². The fourth-order valence-corrected chi connectivity index (χ4v) is 3.25. The van der Waals surface area contributed by atoms with Crippen LogP contribution in [-0.4, -0.2) is 18.6 Å². The maximum absolute atomic E-state index is 7.17. The average molecular weight is 283 g/mol. The van der Waals surface area contributed by atoms with Crippen LogP contribution in [0.5, 0.6) is 5.75 Å². The largest absolute Gasteiger partial charge is 0.445 e. The molecule has 1 rings (SSSR count). The summed E-state index contributed by atoms with van der Waals surface area (Å²) < 4.78 is 6.08. The van der Waals surface area contributed by atoms with Gasteiger partial charge in [-0.05, 0) is 36.2 Å². The summed E-state index contributed by atoms with van der Waals surface area (Å²) in [7, 11) is 1.88. The summed E-state index contributed by atoms with van der Waals surface area (Å²) in [6.45, 7) is 3.40. The third-order valence-electron chi connectivity index (χ3n) is 2.73. The summed E-state index contributed by atoms with van der Waals surface area (Å²) in [6, 6.07) is 7.53. The van der Waals surface area contributed by atoms with Crippen LogP contribution >= 0.6 is 6.85 Å².